The van der Waals surface area contributed by atoms with Gasteiger partial charge in [-0.05, 0) is 18.6 Å². The van der Waals surface area contributed by atoms with Crippen molar-refractivity contribution in [3.63, 3.8) is 0 Å². The van der Waals surface area contributed by atoms with E-state index in [1.807, 2.05) is 23.9 Å². The Labute approximate surface area is 89.4 Å². The van der Waals surface area contributed by atoms with Crippen LogP contribution in [0.25, 0.3) is 11.1 Å². The molecule has 2 nitrogen and oxygen atoms in total. The molecule has 2 aromatic rings. The van der Waals surface area contributed by atoms with E-state index in [0.29, 0.717) is 5.69 Å². The van der Waals surface area contributed by atoms with Crippen LogP contribution < -0.4 is 0 Å². The molecular formula is C13H12N2. The van der Waals surface area contributed by atoms with Crippen molar-refractivity contribution in [3.8, 4) is 17.2 Å². The number of benzene rings is 1. The van der Waals surface area contributed by atoms with E-state index >= 15 is 0 Å². The zero-order chi connectivity index (χ0) is 10.8. The van der Waals surface area contributed by atoms with Crippen LogP contribution in [0.4, 0.5) is 0 Å². The van der Waals surface area contributed by atoms with Gasteiger partial charge in [0, 0.05) is 18.8 Å². The van der Waals surface area contributed by atoms with Gasteiger partial charge in [0.2, 0.25) is 0 Å². The number of aromatic nitrogens is 1. The van der Waals surface area contributed by atoms with Gasteiger partial charge in [0.05, 0.1) is 0 Å². The zero-order valence-corrected chi connectivity index (χ0v) is 8.86. The number of nitriles is 1. The van der Waals surface area contributed by atoms with Gasteiger partial charge >= 0.3 is 0 Å². The first-order chi connectivity index (χ1) is 7.20. The first-order valence-electron chi connectivity index (χ1n) is 4.84. The van der Waals surface area contributed by atoms with Crippen LogP contribution >= 0.6 is 0 Å². The average molecular weight is 196 g/mol. The van der Waals surface area contributed by atoms with Crippen molar-refractivity contribution in [3.05, 3.63) is 47.8 Å². The molecule has 0 bridgehead atoms. The molecule has 1 heterocycles. The molecule has 0 amide bonds. The maximum atomic E-state index is 8.85. The van der Waals surface area contributed by atoms with Crippen LogP contribution in [-0.4, -0.2) is 4.57 Å². The summed E-state index contributed by atoms with van der Waals surface area (Å²) in [4.78, 5) is 0. The van der Waals surface area contributed by atoms with Crippen molar-refractivity contribution in [1.29, 1.82) is 5.26 Å². The summed E-state index contributed by atoms with van der Waals surface area (Å²) in [5.74, 6) is 0. The lowest BCUT2D eigenvalue weighted by molar-refractivity contribution is 0.909. The fourth-order valence-electron chi connectivity index (χ4n) is 1.58. The monoisotopic (exact) mass is 196 g/mol. The molecule has 0 unspecified atom stereocenters. The minimum absolute atomic E-state index is 0.686. The number of hydrogen-bond acceptors (Lipinski definition) is 1. The van der Waals surface area contributed by atoms with Gasteiger partial charge in [-0.15, -0.1) is 0 Å². The predicted molar refractivity (Wildman–Crippen MR) is 60.3 cm³/mol. The largest absolute Gasteiger partial charge is 0.342 e. The van der Waals surface area contributed by atoms with Gasteiger partial charge in [-0.2, -0.15) is 5.26 Å². The Bertz CT molecular complexity index is 512. The van der Waals surface area contributed by atoms with E-state index in [0.717, 1.165) is 11.1 Å². The molecule has 0 atom stereocenters. The van der Waals surface area contributed by atoms with E-state index in [-0.39, 0.29) is 0 Å². The van der Waals surface area contributed by atoms with Crippen molar-refractivity contribution >= 4 is 0 Å². The lowest BCUT2D eigenvalue weighted by atomic mass is 10.1. The molecule has 0 aliphatic rings. The maximum absolute atomic E-state index is 8.85. The van der Waals surface area contributed by atoms with E-state index in [1.54, 1.807) is 0 Å². The van der Waals surface area contributed by atoms with Crippen LogP contribution in [0.3, 0.4) is 0 Å². The Balaban J connectivity index is 2.46. The molecule has 0 spiro atoms. The summed E-state index contributed by atoms with van der Waals surface area (Å²) in [5, 5.41) is 8.85. The second kappa shape index (κ2) is 3.62. The fraction of sp³-hybridized carbons (Fsp3) is 0.154. The van der Waals surface area contributed by atoms with E-state index in [4.69, 9.17) is 5.26 Å². The Morgan fingerprint density at radius 3 is 2.33 bits per heavy atom. The maximum Gasteiger partial charge on any atom is 0.120 e. The highest BCUT2D eigenvalue weighted by atomic mass is 14.9. The molecule has 1 aromatic carbocycles. The van der Waals surface area contributed by atoms with Gasteiger partial charge in [-0.1, -0.05) is 29.8 Å². The van der Waals surface area contributed by atoms with Crippen LogP contribution in [-0.2, 0) is 7.05 Å². The van der Waals surface area contributed by atoms with Crippen LogP contribution in [0, 0.1) is 18.3 Å². The van der Waals surface area contributed by atoms with Gasteiger partial charge in [0.1, 0.15) is 11.8 Å². The Kier molecular flexibility index (Phi) is 2.31. The van der Waals surface area contributed by atoms with Crippen molar-refractivity contribution < 1.29 is 0 Å². The number of rotatable bonds is 1. The molecule has 0 radical (unpaired) electrons. The lowest BCUT2D eigenvalue weighted by Gasteiger charge is -1.97. The molecule has 0 aliphatic carbocycles. The summed E-state index contributed by atoms with van der Waals surface area (Å²) in [6, 6.07) is 12.4. The molecular weight excluding hydrogens is 184 g/mol. The molecule has 2 heteroatoms. The van der Waals surface area contributed by atoms with Crippen molar-refractivity contribution in [2.45, 2.75) is 6.92 Å². The molecule has 0 saturated carbocycles. The smallest absolute Gasteiger partial charge is 0.120 e. The topological polar surface area (TPSA) is 28.7 Å². The minimum atomic E-state index is 0.686. The van der Waals surface area contributed by atoms with Gasteiger partial charge in [0.15, 0.2) is 0 Å². The summed E-state index contributed by atoms with van der Waals surface area (Å²) in [7, 11) is 1.89. The molecule has 15 heavy (non-hydrogen) atoms. The molecule has 1 aromatic heterocycles. The van der Waals surface area contributed by atoms with E-state index in [1.165, 1.54) is 5.56 Å². The SMILES string of the molecule is Cc1ccc(-c2cc(C#N)n(C)c2)cc1. The number of aryl methyl sites for hydroxylation is 2. The van der Waals surface area contributed by atoms with E-state index in [9.17, 15) is 0 Å². The second-order valence-electron chi connectivity index (χ2n) is 3.70. The molecule has 0 fully saturated rings. The first-order valence-corrected chi connectivity index (χ1v) is 4.84. The van der Waals surface area contributed by atoms with E-state index < -0.39 is 0 Å². The second-order valence-corrected chi connectivity index (χ2v) is 3.70. The lowest BCUT2D eigenvalue weighted by Crippen LogP contribution is -1.86. The highest BCUT2D eigenvalue weighted by Gasteiger charge is 2.03. The van der Waals surface area contributed by atoms with E-state index in [2.05, 4.69) is 37.3 Å². The summed E-state index contributed by atoms with van der Waals surface area (Å²) in [6.07, 6.45) is 1.98. The highest BCUT2D eigenvalue weighted by molar-refractivity contribution is 5.64. The van der Waals surface area contributed by atoms with Crippen molar-refractivity contribution in [2.75, 3.05) is 0 Å². The van der Waals surface area contributed by atoms with Crippen LogP contribution in [0.1, 0.15) is 11.3 Å². The van der Waals surface area contributed by atoms with Crippen LogP contribution in [0.15, 0.2) is 36.5 Å². The molecule has 0 saturated heterocycles. The Hall–Kier alpha value is -2.01. The molecule has 0 N–H and O–H groups in total. The molecule has 2 rings (SSSR count). The third-order valence-electron chi connectivity index (χ3n) is 2.50. The summed E-state index contributed by atoms with van der Waals surface area (Å²) >= 11 is 0. The highest BCUT2D eigenvalue weighted by Crippen LogP contribution is 2.21. The molecule has 74 valence electrons. The normalized spacial score (nSPS) is 9.93. The Morgan fingerprint density at radius 2 is 1.80 bits per heavy atom. The van der Waals surface area contributed by atoms with Crippen molar-refractivity contribution in [2.24, 2.45) is 7.05 Å². The van der Waals surface area contributed by atoms with Crippen LogP contribution in [0.2, 0.25) is 0 Å². The number of hydrogen-bond donors (Lipinski definition) is 0. The fourth-order valence-corrected chi connectivity index (χ4v) is 1.58. The van der Waals surface area contributed by atoms with Gasteiger partial charge < -0.3 is 4.57 Å². The summed E-state index contributed by atoms with van der Waals surface area (Å²) in [5.41, 5.74) is 4.17. The third kappa shape index (κ3) is 1.77. The third-order valence-corrected chi connectivity index (χ3v) is 2.50. The Morgan fingerprint density at radius 1 is 1.13 bits per heavy atom. The standard InChI is InChI=1S/C13H12N2/c1-10-3-5-11(6-4-10)12-7-13(8-14)15(2)9-12/h3-7,9H,1-2H3. The zero-order valence-electron chi connectivity index (χ0n) is 8.86. The predicted octanol–water partition coefficient (Wildman–Crippen LogP) is 2.87. The summed E-state index contributed by atoms with van der Waals surface area (Å²) in [6.45, 7) is 2.06. The first kappa shape index (κ1) is 9.54. The van der Waals surface area contributed by atoms with Crippen LogP contribution in [0.5, 0.6) is 0 Å². The average Bonchev–Trinajstić information content (AvgIpc) is 2.61. The van der Waals surface area contributed by atoms with Gasteiger partial charge in [-0.25, -0.2) is 0 Å². The quantitative estimate of drug-likeness (QED) is 0.689. The van der Waals surface area contributed by atoms with Gasteiger partial charge in [-0.3, -0.25) is 0 Å². The van der Waals surface area contributed by atoms with Crippen molar-refractivity contribution in [1.82, 2.24) is 4.57 Å². The van der Waals surface area contributed by atoms with Gasteiger partial charge in [0.25, 0.3) is 0 Å². The molecule has 0 aliphatic heterocycles. The minimum Gasteiger partial charge on any atom is -0.342 e. The number of nitrogens with zero attached hydrogens (tertiary/aromatic N) is 2. The summed E-state index contributed by atoms with van der Waals surface area (Å²) < 4.78 is 1.84.